The summed E-state index contributed by atoms with van der Waals surface area (Å²) >= 11 is 0. The summed E-state index contributed by atoms with van der Waals surface area (Å²) in [6.45, 7) is 4.09. The molecule has 35 heavy (non-hydrogen) atoms. The van der Waals surface area contributed by atoms with E-state index in [-0.39, 0.29) is 26.5 Å². The van der Waals surface area contributed by atoms with Gasteiger partial charge in [0.05, 0.1) is 26.9 Å². The molecule has 2 aromatic heterocycles. The van der Waals surface area contributed by atoms with E-state index >= 15 is 0 Å². The van der Waals surface area contributed by atoms with Crippen molar-refractivity contribution in [2.45, 2.75) is 45.9 Å². The maximum absolute atomic E-state index is 12.4. The van der Waals surface area contributed by atoms with Gasteiger partial charge in [0, 0.05) is 18.3 Å². The predicted molar refractivity (Wildman–Crippen MR) is 125 cm³/mol. The second kappa shape index (κ2) is 12.8. The van der Waals surface area contributed by atoms with Crippen LogP contribution >= 0.6 is 0 Å². The molecule has 0 amide bonds. The highest BCUT2D eigenvalue weighted by Gasteiger charge is 2.34. The highest BCUT2D eigenvalue weighted by molar-refractivity contribution is 5.87. The van der Waals surface area contributed by atoms with Crippen molar-refractivity contribution < 1.29 is 33.6 Å². The first-order chi connectivity index (χ1) is 17.0. The topological polar surface area (TPSA) is 134 Å². The SMILES string of the molecule is CCOC(=O)[C@H](O)[C@@H](NCc1cn(COCc2ccccc2)c2c(OC)ncnc12)C(=O)OCC. The molecular formula is C24H30N4O7. The van der Waals surface area contributed by atoms with Crippen LogP contribution < -0.4 is 10.1 Å². The van der Waals surface area contributed by atoms with Crippen LogP contribution in [0.4, 0.5) is 0 Å². The Morgan fingerprint density at radius 3 is 2.49 bits per heavy atom. The van der Waals surface area contributed by atoms with Crippen LogP contribution in [0.5, 0.6) is 5.88 Å². The predicted octanol–water partition coefficient (Wildman–Crippen LogP) is 1.56. The van der Waals surface area contributed by atoms with Crippen LogP contribution in [0.1, 0.15) is 25.0 Å². The Hall–Kier alpha value is -3.54. The third-order valence-electron chi connectivity index (χ3n) is 5.12. The summed E-state index contributed by atoms with van der Waals surface area (Å²) in [5, 5.41) is 13.3. The van der Waals surface area contributed by atoms with Gasteiger partial charge in [-0.1, -0.05) is 30.3 Å². The first-order valence-corrected chi connectivity index (χ1v) is 11.2. The monoisotopic (exact) mass is 486 g/mol. The second-order valence-corrected chi connectivity index (χ2v) is 7.47. The van der Waals surface area contributed by atoms with Crippen molar-refractivity contribution in [1.82, 2.24) is 19.9 Å². The van der Waals surface area contributed by atoms with E-state index in [4.69, 9.17) is 18.9 Å². The number of carbonyl (C=O) groups excluding carboxylic acids is 2. The van der Waals surface area contributed by atoms with Gasteiger partial charge in [0.25, 0.3) is 0 Å². The zero-order valence-electron chi connectivity index (χ0n) is 20.0. The van der Waals surface area contributed by atoms with E-state index in [0.717, 1.165) is 5.56 Å². The van der Waals surface area contributed by atoms with Gasteiger partial charge in [-0.05, 0) is 19.4 Å². The van der Waals surface area contributed by atoms with E-state index in [1.807, 2.05) is 30.3 Å². The minimum absolute atomic E-state index is 0.0681. The van der Waals surface area contributed by atoms with Gasteiger partial charge in [0.1, 0.15) is 30.1 Å². The summed E-state index contributed by atoms with van der Waals surface area (Å²) < 4.78 is 23.0. The number of fused-ring (bicyclic) bond motifs is 1. The lowest BCUT2D eigenvalue weighted by Gasteiger charge is -2.21. The maximum atomic E-state index is 12.4. The van der Waals surface area contributed by atoms with E-state index in [2.05, 4.69) is 15.3 Å². The van der Waals surface area contributed by atoms with Gasteiger partial charge >= 0.3 is 11.9 Å². The molecular weight excluding hydrogens is 456 g/mol. The average molecular weight is 487 g/mol. The smallest absolute Gasteiger partial charge is 0.337 e. The standard InChI is InChI=1S/C24H30N4O7/c1-4-34-23(30)19(21(29)24(31)35-5-2)25-11-17-12-28(15-33-13-16-9-7-6-8-10-16)20-18(17)26-14-27-22(20)32-3/h6-10,12,14,19,21,25,29H,4-5,11,13,15H2,1-3H3/t19-,21-/m1/s1. The zero-order valence-corrected chi connectivity index (χ0v) is 20.0. The van der Waals surface area contributed by atoms with Crippen molar-refractivity contribution in [2.24, 2.45) is 0 Å². The van der Waals surface area contributed by atoms with Gasteiger partial charge in [-0.3, -0.25) is 10.1 Å². The largest absolute Gasteiger partial charge is 0.479 e. The number of methoxy groups -OCH3 is 1. The van der Waals surface area contributed by atoms with Crippen LogP contribution in [0.2, 0.25) is 0 Å². The number of nitrogens with zero attached hydrogens (tertiary/aromatic N) is 3. The molecule has 0 aliphatic rings. The van der Waals surface area contributed by atoms with Gasteiger partial charge in [-0.2, -0.15) is 4.98 Å². The minimum atomic E-state index is -1.74. The molecule has 0 saturated carbocycles. The number of nitrogens with one attached hydrogen (secondary N) is 1. The fourth-order valence-electron chi connectivity index (χ4n) is 3.53. The lowest BCUT2D eigenvalue weighted by Crippen LogP contribution is -2.50. The fraction of sp³-hybridized carbons (Fsp3) is 0.417. The van der Waals surface area contributed by atoms with E-state index < -0.39 is 24.1 Å². The molecule has 0 spiro atoms. The summed E-state index contributed by atoms with van der Waals surface area (Å²) in [5.41, 5.74) is 2.88. The second-order valence-electron chi connectivity index (χ2n) is 7.47. The molecule has 3 rings (SSSR count). The molecule has 188 valence electrons. The van der Waals surface area contributed by atoms with Crippen LogP contribution in [-0.4, -0.2) is 64.0 Å². The molecule has 3 aromatic rings. The molecule has 0 saturated heterocycles. The number of rotatable bonds is 13. The van der Waals surface area contributed by atoms with Crippen LogP contribution in [0.15, 0.2) is 42.9 Å². The molecule has 2 atom stereocenters. The third kappa shape index (κ3) is 6.53. The van der Waals surface area contributed by atoms with Crippen molar-refractivity contribution in [3.63, 3.8) is 0 Å². The van der Waals surface area contributed by atoms with Crippen molar-refractivity contribution in [1.29, 1.82) is 0 Å². The summed E-state index contributed by atoms with van der Waals surface area (Å²) in [7, 11) is 1.51. The molecule has 1 aromatic carbocycles. The van der Waals surface area contributed by atoms with Gasteiger partial charge in [0.2, 0.25) is 5.88 Å². The number of benzene rings is 1. The molecule has 0 radical (unpaired) electrons. The van der Waals surface area contributed by atoms with Gasteiger partial charge in [0.15, 0.2) is 6.10 Å². The quantitative estimate of drug-likeness (QED) is 0.343. The Labute approximate surface area is 203 Å². The number of aliphatic hydroxyl groups excluding tert-OH is 1. The number of aromatic nitrogens is 3. The first-order valence-electron chi connectivity index (χ1n) is 11.2. The Balaban J connectivity index is 1.82. The number of ether oxygens (including phenoxy) is 4. The van der Waals surface area contributed by atoms with Crippen molar-refractivity contribution >= 4 is 23.0 Å². The van der Waals surface area contributed by atoms with Gasteiger partial charge in [-0.15, -0.1) is 0 Å². The van der Waals surface area contributed by atoms with Gasteiger partial charge < -0.3 is 28.6 Å². The summed E-state index contributed by atoms with van der Waals surface area (Å²) in [5.74, 6) is -1.33. The zero-order chi connectivity index (χ0) is 25.2. The highest BCUT2D eigenvalue weighted by atomic mass is 16.6. The fourth-order valence-corrected chi connectivity index (χ4v) is 3.53. The van der Waals surface area contributed by atoms with E-state index in [1.165, 1.54) is 13.4 Å². The Morgan fingerprint density at radius 2 is 1.80 bits per heavy atom. The third-order valence-corrected chi connectivity index (χ3v) is 5.12. The van der Waals surface area contributed by atoms with E-state index in [1.54, 1.807) is 24.6 Å². The Morgan fingerprint density at radius 1 is 1.09 bits per heavy atom. The van der Waals surface area contributed by atoms with Crippen molar-refractivity contribution in [2.75, 3.05) is 20.3 Å². The number of aliphatic hydroxyl groups is 1. The molecule has 11 nitrogen and oxygen atoms in total. The molecule has 2 heterocycles. The number of esters is 2. The molecule has 11 heteroatoms. The first kappa shape index (κ1) is 26.1. The average Bonchev–Trinajstić information content (AvgIpc) is 3.22. The minimum Gasteiger partial charge on any atom is -0.479 e. The number of carbonyl (C=O) groups is 2. The Bertz CT molecular complexity index is 1120. The summed E-state index contributed by atoms with van der Waals surface area (Å²) in [6, 6.07) is 8.43. The lowest BCUT2D eigenvalue weighted by atomic mass is 10.1. The van der Waals surface area contributed by atoms with Crippen LogP contribution in [0, 0.1) is 0 Å². The van der Waals surface area contributed by atoms with Crippen molar-refractivity contribution in [3.05, 3.63) is 54.0 Å². The molecule has 0 bridgehead atoms. The molecule has 0 fully saturated rings. The van der Waals surface area contributed by atoms with Crippen LogP contribution in [0.25, 0.3) is 11.0 Å². The van der Waals surface area contributed by atoms with Crippen molar-refractivity contribution in [3.8, 4) is 5.88 Å². The van der Waals surface area contributed by atoms with Crippen LogP contribution in [0.3, 0.4) is 0 Å². The number of hydrogen-bond donors (Lipinski definition) is 2. The van der Waals surface area contributed by atoms with Crippen LogP contribution in [-0.2, 0) is 43.7 Å². The normalized spacial score (nSPS) is 12.8. The van der Waals surface area contributed by atoms with Gasteiger partial charge in [-0.25, -0.2) is 9.78 Å². The molecule has 0 aliphatic carbocycles. The maximum Gasteiger partial charge on any atom is 0.337 e. The summed E-state index contributed by atoms with van der Waals surface area (Å²) in [6.07, 6.45) is 1.43. The molecule has 0 unspecified atom stereocenters. The molecule has 2 N–H and O–H groups in total. The van der Waals surface area contributed by atoms with E-state index in [9.17, 15) is 14.7 Å². The molecule has 0 aliphatic heterocycles. The number of hydrogen-bond acceptors (Lipinski definition) is 10. The summed E-state index contributed by atoms with van der Waals surface area (Å²) in [4.78, 5) is 33.0. The highest BCUT2D eigenvalue weighted by Crippen LogP contribution is 2.26. The van der Waals surface area contributed by atoms with E-state index in [0.29, 0.717) is 29.1 Å². The lowest BCUT2D eigenvalue weighted by molar-refractivity contribution is -0.162. The Kier molecular flexibility index (Phi) is 9.53.